The third-order valence-corrected chi connectivity index (χ3v) is 3.37. The zero-order chi connectivity index (χ0) is 13.1. The van der Waals surface area contributed by atoms with Gasteiger partial charge in [0.15, 0.2) is 0 Å². The van der Waals surface area contributed by atoms with Gasteiger partial charge in [0.25, 0.3) is 0 Å². The van der Waals surface area contributed by atoms with E-state index in [9.17, 15) is 4.79 Å². The van der Waals surface area contributed by atoms with E-state index in [1.54, 1.807) is 6.20 Å². The number of amides is 1. The van der Waals surface area contributed by atoms with Crippen molar-refractivity contribution in [2.45, 2.75) is 20.4 Å². The first-order valence-corrected chi connectivity index (χ1v) is 6.42. The highest BCUT2D eigenvalue weighted by molar-refractivity contribution is 6.34. The van der Waals surface area contributed by atoms with E-state index in [-0.39, 0.29) is 5.91 Å². The quantitative estimate of drug-likeness (QED) is 0.797. The predicted molar refractivity (Wildman–Crippen MR) is 72.7 cm³/mol. The first kappa shape index (κ1) is 12.9. The largest absolute Gasteiger partial charge is 0.342 e. The van der Waals surface area contributed by atoms with Crippen molar-refractivity contribution in [2.75, 3.05) is 13.1 Å². The van der Waals surface area contributed by atoms with Crippen LogP contribution in [0.15, 0.2) is 24.5 Å². The van der Waals surface area contributed by atoms with Crippen LogP contribution in [0.2, 0.25) is 5.15 Å². The van der Waals surface area contributed by atoms with Gasteiger partial charge in [-0.05, 0) is 26.0 Å². The van der Waals surface area contributed by atoms with Gasteiger partial charge in [-0.25, -0.2) is 4.98 Å². The monoisotopic (exact) mass is 265 g/mol. The molecule has 5 heteroatoms. The van der Waals surface area contributed by atoms with Crippen LogP contribution in [0.1, 0.15) is 13.8 Å². The van der Waals surface area contributed by atoms with Crippen molar-refractivity contribution in [1.29, 1.82) is 0 Å². The van der Waals surface area contributed by atoms with Crippen LogP contribution in [-0.2, 0) is 11.3 Å². The summed E-state index contributed by atoms with van der Waals surface area (Å²) in [4.78, 5) is 17.9. The normalized spacial score (nSPS) is 10.8. The van der Waals surface area contributed by atoms with Crippen LogP contribution < -0.4 is 0 Å². The van der Waals surface area contributed by atoms with E-state index in [1.165, 1.54) is 0 Å². The molecule has 2 heterocycles. The standard InChI is InChI=1S/C13H16ClN3O/c1-3-16(4-2)12(18)9-17-8-6-10-11(17)5-7-15-13(10)14/h5-8H,3-4,9H2,1-2H3. The molecular formula is C13H16ClN3O. The van der Waals surface area contributed by atoms with Crippen molar-refractivity contribution in [1.82, 2.24) is 14.5 Å². The Labute approximate surface area is 111 Å². The lowest BCUT2D eigenvalue weighted by molar-refractivity contribution is -0.131. The first-order valence-electron chi connectivity index (χ1n) is 6.04. The van der Waals surface area contributed by atoms with Crippen LogP contribution in [0.25, 0.3) is 10.9 Å². The number of pyridine rings is 1. The molecule has 0 aliphatic rings. The minimum atomic E-state index is 0.116. The molecule has 2 aromatic rings. The van der Waals surface area contributed by atoms with Crippen molar-refractivity contribution >= 4 is 28.4 Å². The maximum atomic E-state index is 12.1. The van der Waals surface area contributed by atoms with Crippen LogP contribution in [0.3, 0.4) is 0 Å². The van der Waals surface area contributed by atoms with Crippen LogP contribution in [-0.4, -0.2) is 33.4 Å². The first-order chi connectivity index (χ1) is 8.67. The number of carbonyl (C=O) groups excluding carboxylic acids is 1. The molecule has 96 valence electrons. The number of nitrogens with zero attached hydrogens (tertiary/aromatic N) is 3. The van der Waals surface area contributed by atoms with Crippen molar-refractivity contribution in [2.24, 2.45) is 0 Å². The van der Waals surface area contributed by atoms with E-state index >= 15 is 0 Å². The molecule has 1 amide bonds. The van der Waals surface area contributed by atoms with E-state index in [2.05, 4.69) is 4.98 Å². The molecule has 0 atom stereocenters. The van der Waals surface area contributed by atoms with Crippen LogP contribution >= 0.6 is 11.6 Å². The molecule has 0 radical (unpaired) electrons. The number of fused-ring (bicyclic) bond motifs is 1. The number of aromatic nitrogens is 2. The summed E-state index contributed by atoms with van der Waals surface area (Å²) in [5.41, 5.74) is 0.940. The highest BCUT2D eigenvalue weighted by Crippen LogP contribution is 2.21. The number of halogens is 1. The number of rotatable bonds is 4. The number of carbonyl (C=O) groups is 1. The maximum absolute atomic E-state index is 12.1. The van der Waals surface area contributed by atoms with E-state index in [0.29, 0.717) is 11.7 Å². The molecule has 0 bridgehead atoms. The van der Waals surface area contributed by atoms with Gasteiger partial charge >= 0.3 is 0 Å². The molecule has 0 spiro atoms. The van der Waals surface area contributed by atoms with Gasteiger partial charge in [0.2, 0.25) is 5.91 Å². The van der Waals surface area contributed by atoms with E-state index in [4.69, 9.17) is 11.6 Å². The summed E-state index contributed by atoms with van der Waals surface area (Å²) < 4.78 is 1.91. The van der Waals surface area contributed by atoms with Gasteiger partial charge in [-0.15, -0.1) is 0 Å². The Bertz CT molecular complexity index is 560. The topological polar surface area (TPSA) is 38.1 Å². The summed E-state index contributed by atoms with van der Waals surface area (Å²) in [6.07, 6.45) is 3.53. The minimum absolute atomic E-state index is 0.116. The Morgan fingerprint density at radius 3 is 2.78 bits per heavy atom. The van der Waals surface area contributed by atoms with Gasteiger partial charge in [-0.1, -0.05) is 11.6 Å². The molecule has 0 unspecified atom stereocenters. The average Bonchev–Trinajstić information content (AvgIpc) is 2.76. The third kappa shape index (κ3) is 2.34. The lowest BCUT2D eigenvalue weighted by atomic mass is 10.3. The van der Waals surface area contributed by atoms with Crippen LogP contribution in [0.4, 0.5) is 0 Å². The smallest absolute Gasteiger partial charge is 0.242 e. The molecule has 0 N–H and O–H groups in total. The summed E-state index contributed by atoms with van der Waals surface area (Å²) >= 11 is 6.00. The number of hydrogen-bond donors (Lipinski definition) is 0. The van der Waals surface area contributed by atoms with Crippen molar-refractivity contribution in [3.05, 3.63) is 29.7 Å². The Kier molecular flexibility index (Phi) is 3.87. The molecule has 0 aliphatic carbocycles. The predicted octanol–water partition coefficient (Wildman–Crippen LogP) is 2.56. The molecule has 0 saturated heterocycles. The highest BCUT2D eigenvalue weighted by atomic mass is 35.5. The van der Waals surface area contributed by atoms with Crippen molar-refractivity contribution < 1.29 is 4.79 Å². The SMILES string of the molecule is CCN(CC)C(=O)Cn1ccc2c(Cl)nccc21. The second-order valence-corrected chi connectivity index (χ2v) is 4.40. The van der Waals surface area contributed by atoms with Gasteiger partial charge < -0.3 is 9.47 Å². The molecule has 0 aliphatic heterocycles. The second-order valence-electron chi connectivity index (χ2n) is 4.04. The second kappa shape index (κ2) is 5.40. The molecule has 18 heavy (non-hydrogen) atoms. The summed E-state index contributed by atoms with van der Waals surface area (Å²) in [5, 5.41) is 1.35. The maximum Gasteiger partial charge on any atom is 0.242 e. The van der Waals surface area contributed by atoms with Gasteiger partial charge in [0.05, 0.1) is 5.52 Å². The van der Waals surface area contributed by atoms with E-state index in [0.717, 1.165) is 24.0 Å². The lowest BCUT2D eigenvalue weighted by Gasteiger charge is -2.19. The molecule has 4 nitrogen and oxygen atoms in total. The van der Waals surface area contributed by atoms with Crippen molar-refractivity contribution in [3.63, 3.8) is 0 Å². The van der Waals surface area contributed by atoms with Crippen LogP contribution in [0, 0.1) is 0 Å². The van der Waals surface area contributed by atoms with Crippen LogP contribution in [0.5, 0.6) is 0 Å². The van der Waals surface area contributed by atoms with Gasteiger partial charge in [-0.2, -0.15) is 0 Å². The van der Waals surface area contributed by atoms with Crippen molar-refractivity contribution in [3.8, 4) is 0 Å². The Balaban J connectivity index is 2.27. The lowest BCUT2D eigenvalue weighted by Crippen LogP contribution is -2.33. The summed E-state index contributed by atoms with van der Waals surface area (Å²) in [6.45, 7) is 5.77. The molecule has 0 aromatic carbocycles. The number of likely N-dealkylation sites (N-methyl/N-ethyl adjacent to an activating group) is 1. The van der Waals surface area contributed by atoms with Gasteiger partial charge in [0.1, 0.15) is 11.7 Å². The van der Waals surface area contributed by atoms with Gasteiger partial charge in [0, 0.05) is 30.9 Å². The van der Waals surface area contributed by atoms with E-state index in [1.807, 2.05) is 41.6 Å². The number of hydrogen-bond acceptors (Lipinski definition) is 2. The Morgan fingerprint density at radius 2 is 2.11 bits per heavy atom. The molecule has 2 aromatic heterocycles. The summed E-state index contributed by atoms with van der Waals surface area (Å²) in [5.74, 6) is 0.116. The molecule has 2 rings (SSSR count). The average molecular weight is 266 g/mol. The zero-order valence-corrected chi connectivity index (χ0v) is 11.3. The zero-order valence-electron chi connectivity index (χ0n) is 10.6. The fourth-order valence-corrected chi connectivity index (χ4v) is 2.26. The summed E-state index contributed by atoms with van der Waals surface area (Å²) in [7, 11) is 0. The minimum Gasteiger partial charge on any atom is -0.342 e. The Hall–Kier alpha value is -1.55. The molecule has 0 saturated carbocycles. The highest BCUT2D eigenvalue weighted by Gasteiger charge is 2.12. The van der Waals surface area contributed by atoms with Gasteiger partial charge in [-0.3, -0.25) is 4.79 Å². The fourth-order valence-electron chi connectivity index (χ4n) is 2.05. The summed E-state index contributed by atoms with van der Waals surface area (Å²) in [6, 6.07) is 3.76. The van der Waals surface area contributed by atoms with E-state index < -0.39 is 0 Å². The Morgan fingerprint density at radius 1 is 1.39 bits per heavy atom. The fraction of sp³-hybridized carbons (Fsp3) is 0.385. The molecule has 0 fully saturated rings. The molecular weight excluding hydrogens is 250 g/mol. The third-order valence-electron chi connectivity index (χ3n) is 3.07.